The summed E-state index contributed by atoms with van der Waals surface area (Å²) in [5, 5.41) is 6.32. The molecule has 7 nitrogen and oxygen atoms in total. The fourth-order valence-electron chi connectivity index (χ4n) is 3.15. The van der Waals surface area contributed by atoms with E-state index in [1.807, 2.05) is 32.0 Å². The van der Waals surface area contributed by atoms with Crippen LogP contribution in [0.4, 0.5) is 0 Å². The number of ether oxygens (including phenoxy) is 1. The average Bonchev–Trinajstić information content (AvgIpc) is 2.63. The summed E-state index contributed by atoms with van der Waals surface area (Å²) in [6.07, 6.45) is 1.82. The van der Waals surface area contributed by atoms with Gasteiger partial charge in [0.1, 0.15) is 0 Å². The average molecular weight is 397 g/mol. The van der Waals surface area contributed by atoms with Crippen molar-refractivity contribution >= 4 is 16.0 Å². The number of guanidine groups is 1. The highest BCUT2D eigenvalue weighted by Gasteiger charge is 2.30. The quantitative estimate of drug-likeness (QED) is 0.392. The van der Waals surface area contributed by atoms with Crippen molar-refractivity contribution in [3.63, 3.8) is 0 Å². The minimum atomic E-state index is -3.31. The molecular formula is C19H32N4O3S. The van der Waals surface area contributed by atoms with Gasteiger partial charge in [-0.3, -0.25) is 4.99 Å². The molecule has 1 heterocycles. The number of hydrogen-bond donors (Lipinski definition) is 2. The van der Waals surface area contributed by atoms with Crippen LogP contribution >= 0.6 is 0 Å². The highest BCUT2D eigenvalue weighted by atomic mass is 32.2. The van der Waals surface area contributed by atoms with Gasteiger partial charge in [0, 0.05) is 33.2 Å². The van der Waals surface area contributed by atoms with E-state index in [4.69, 9.17) is 4.74 Å². The minimum absolute atomic E-state index is 0.0388. The van der Waals surface area contributed by atoms with Crippen molar-refractivity contribution in [2.45, 2.75) is 38.9 Å². The Bertz CT molecular complexity index is 684. The highest BCUT2D eigenvalue weighted by molar-refractivity contribution is 7.89. The Morgan fingerprint density at radius 1 is 1.15 bits per heavy atom. The Kier molecular flexibility index (Phi) is 8.53. The fraction of sp³-hybridized carbons (Fsp3) is 0.632. The predicted molar refractivity (Wildman–Crippen MR) is 109 cm³/mol. The monoisotopic (exact) mass is 396 g/mol. The molecule has 2 unspecified atom stereocenters. The Morgan fingerprint density at radius 3 is 2.41 bits per heavy atom. The molecule has 8 heteroatoms. The smallest absolute Gasteiger partial charge is 0.216 e. The summed E-state index contributed by atoms with van der Waals surface area (Å²) in [4.78, 5) is 4.15. The molecule has 0 spiro atoms. The van der Waals surface area contributed by atoms with E-state index in [1.165, 1.54) is 9.87 Å². The predicted octanol–water partition coefficient (Wildman–Crippen LogP) is 1.22. The number of nitrogens with one attached hydrogen (secondary N) is 2. The standard InChI is InChI=1S/C19H32N4O3S/c1-16-14-23(15-17(2)26-16)27(24,25)13-12-22-19(20-3)21-11-7-10-18-8-5-4-6-9-18/h4-6,8-9,16-17H,7,10-15H2,1-3H3,(H2,20,21,22). The lowest BCUT2D eigenvalue weighted by atomic mass is 10.1. The number of rotatable bonds is 8. The minimum Gasteiger partial charge on any atom is -0.373 e. The van der Waals surface area contributed by atoms with Crippen LogP contribution < -0.4 is 10.6 Å². The van der Waals surface area contributed by atoms with Gasteiger partial charge in [-0.15, -0.1) is 0 Å². The zero-order valence-corrected chi connectivity index (χ0v) is 17.3. The first-order chi connectivity index (χ1) is 12.9. The van der Waals surface area contributed by atoms with E-state index >= 15 is 0 Å². The third kappa shape index (κ3) is 7.48. The first kappa shape index (κ1) is 21.7. The fourth-order valence-corrected chi connectivity index (χ4v) is 4.64. The zero-order chi connectivity index (χ0) is 19.7. The Balaban J connectivity index is 1.69. The van der Waals surface area contributed by atoms with Crippen LogP contribution in [0.1, 0.15) is 25.8 Å². The second-order valence-electron chi connectivity index (χ2n) is 6.91. The molecule has 2 N–H and O–H groups in total. The first-order valence-electron chi connectivity index (χ1n) is 9.52. The molecule has 0 aliphatic carbocycles. The Labute approximate surface area is 163 Å². The van der Waals surface area contributed by atoms with E-state index in [1.54, 1.807) is 7.05 Å². The molecule has 27 heavy (non-hydrogen) atoms. The van der Waals surface area contributed by atoms with Gasteiger partial charge < -0.3 is 15.4 Å². The van der Waals surface area contributed by atoms with E-state index in [-0.39, 0.29) is 18.0 Å². The van der Waals surface area contributed by atoms with Crippen molar-refractivity contribution in [1.29, 1.82) is 0 Å². The first-order valence-corrected chi connectivity index (χ1v) is 11.1. The van der Waals surface area contributed by atoms with Crippen molar-refractivity contribution in [2.75, 3.05) is 39.0 Å². The maximum atomic E-state index is 12.5. The lowest BCUT2D eigenvalue weighted by Gasteiger charge is -2.34. The lowest BCUT2D eigenvalue weighted by molar-refractivity contribution is -0.0440. The van der Waals surface area contributed by atoms with Gasteiger partial charge in [-0.2, -0.15) is 4.31 Å². The Morgan fingerprint density at radius 2 is 1.78 bits per heavy atom. The normalized spacial score (nSPS) is 21.8. The summed E-state index contributed by atoms with van der Waals surface area (Å²) in [5.41, 5.74) is 1.31. The van der Waals surface area contributed by atoms with Gasteiger partial charge in [-0.25, -0.2) is 8.42 Å². The number of aryl methyl sites for hydroxylation is 1. The summed E-state index contributed by atoms with van der Waals surface area (Å²) >= 11 is 0. The van der Waals surface area contributed by atoms with Crippen LogP contribution in [0.15, 0.2) is 35.3 Å². The molecule has 1 aliphatic heterocycles. The maximum Gasteiger partial charge on any atom is 0.216 e. The van der Waals surface area contributed by atoms with Crippen molar-refractivity contribution in [3.8, 4) is 0 Å². The van der Waals surface area contributed by atoms with Crippen molar-refractivity contribution in [1.82, 2.24) is 14.9 Å². The van der Waals surface area contributed by atoms with Crippen molar-refractivity contribution < 1.29 is 13.2 Å². The van der Waals surface area contributed by atoms with Crippen LogP contribution in [0.25, 0.3) is 0 Å². The van der Waals surface area contributed by atoms with Crippen LogP contribution in [0.2, 0.25) is 0 Å². The topological polar surface area (TPSA) is 83.0 Å². The maximum absolute atomic E-state index is 12.5. The van der Waals surface area contributed by atoms with E-state index in [2.05, 4.69) is 27.8 Å². The molecule has 0 radical (unpaired) electrons. The molecule has 2 atom stereocenters. The van der Waals surface area contributed by atoms with Gasteiger partial charge in [-0.1, -0.05) is 30.3 Å². The van der Waals surface area contributed by atoms with Crippen molar-refractivity contribution in [2.24, 2.45) is 4.99 Å². The summed E-state index contributed by atoms with van der Waals surface area (Å²) < 4.78 is 32.2. The molecular weight excluding hydrogens is 364 g/mol. The van der Waals surface area contributed by atoms with E-state index in [0.29, 0.717) is 25.6 Å². The molecule has 0 amide bonds. The van der Waals surface area contributed by atoms with Gasteiger partial charge in [0.25, 0.3) is 0 Å². The molecule has 1 saturated heterocycles. The Hall–Kier alpha value is -1.64. The molecule has 2 rings (SSSR count). The third-order valence-electron chi connectivity index (χ3n) is 4.43. The van der Waals surface area contributed by atoms with Crippen LogP contribution in [0.5, 0.6) is 0 Å². The number of morpholine rings is 1. The van der Waals surface area contributed by atoms with Crippen LogP contribution in [0, 0.1) is 0 Å². The van der Waals surface area contributed by atoms with E-state index < -0.39 is 10.0 Å². The number of hydrogen-bond acceptors (Lipinski definition) is 4. The SMILES string of the molecule is CN=C(NCCCc1ccccc1)NCCS(=O)(=O)N1CC(C)OC(C)C1. The lowest BCUT2D eigenvalue weighted by Crippen LogP contribution is -2.50. The molecule has 1 aliphatic rings. The largest absolute Gasteiger partial charge is 0.373 e. The van der Waals surface area contributed by atoms with E-state index in [9.17, 15) is 8.42 Å². The van der Waals surface area contributed by atoms with Gasteiger partial charge in [0.15, 0.2) is 5.96 Å². The molecule has 0 saturated carbocycles. The second-order valence-corrected chi connectivity index (χ2v) is 8.99. The van der Waals surface area contributed by atoms with Crippen molar-refractivity contribution in [3.05, 3.63) is 35.9 Å². The highest BCUT2D eigenvalue weighted by Crippen LogP contribution is 2.14. The van der Waals surface area contributed by atoms with Crippen LogP contribution in [-0.2, 0) is 21.2 Å². The summed E-state index contributed by atoms with van der Waals surface area (Å²) in [7, 11) is -1.62. The molecule has 0 bridgehead atoms. The van der Waals surface area contributed by atoms with Gasteiger partial charge in [0.2, 0.25) is 10.0 Å². The number of benzene rings is 1. The second kappa shape index (κ2) is 10.6. The molecule has 152 valence electrons. The summed E-state index contributed by atoms with van der Waals surface area (Å²) in [6.45, 7) is 5.73. The van der Waals surface area contributed by atoms with Gasteiger partial charge in [0.05, 0.1) is 18.0 Å². The molecule has 1 fully saturated rings. The van der Waals surface area contributed by atoms with Gasteiger partial charge >= 0.3 is 0 Å². The van der Waals surface area contributed by atoms with Crippen LogP contribution in [0.3, 0.4) is 0 Å². The summed E-state index contributed by atoms with van der Waals surface area (Å²) in [5.74, 6) is 0.666. The molecule has 0 aromatic heterocycles. The third-order valence-corrected chi connectivity index (χ3v) is 6.24. The number of sulfonamides is 1. The van der Waals surface area contributed by atoms with Crippen LogP contribution in [-0.4, -0.2) is 69.9 Å². The molecule has 1 aromatic rings. The molecule has 1 aromatic carbocycles. The number of aliphatic imine (C=N–C) groups is 1. The van der Waals surface area contributed by atoms with Gasteiger partial charge in [-0.05, 0) is 32.3 Å². The zero-order valence-electron chi connectivity index (χ0n) is 16.5. The summed E-state index contributed by atoms with van der Waals surface area (Å²) in [6, 6.07) is 10.3. The van der Waals surface area contributed by atoms with E-state index in [0.717, 1.165) is 19.4 Å². The number of nitrogens with zero attached hydrogens (tertiary/aromatic N) is 2.